The van der Waals surface area contributed by atoms with Crippen LogP contribution in [0.1, 0.15) is 43.7 Å². The number of hydrogen-bond donors (Lipinski definition) is 0. The molecule has 2 aromatic rings. The lowest BCUT2D eigenvalue weighted by Gasteiger charge is -2.37. The summed E-state index contributed by atoms with van der Waals surface area (Å²) in [5.74, 6) is 1.27. The van der Waals surface area contributed by atoms with Gasteiger partial charge >= 0.3 is 0 Å². The summed E-state index contributed by atoms with van der Waals surface area (Å²) in [7, 11) is 0. The molecule has 3 rings (SSSR count). The van der Waals surface area contributed by atoms with Crippen molar-refractivity contribution in [1.29, 1.82) is 0 Å². The van der Waals surface area contributed by atoms with Crippen molar-refractivity contribution in [2.45, 2.75) is 52.5 Å². The van der Waals surface area contributed by atoms with Crippen LogP contribution in [-0.4, -0.2) is 43.8 Å². The van der Waals surface area contributed by atoms with Crippen LogP contribution in [-0.2, 0) is 16.8 Å². The van der Waals surface area contributed by atoms with Crippen LogP contribution in [0.2, 0.25) is 0 Å². The molecule has 0 aromatic carbocycles. The SMILES string of the molecule is Cc1noc(C)c1C(C)(C)C(=O)N1CCC[C@H](Cn2cncn2)C1. The van der Waals surface area contributed by atoms with Gasteiger partial charge in [0.15, 0.2) is 0 Å². The molecule has 1 amide bonds. The van der Waals surface area contributed by atoms with E-state index in [1.807, 2.05) is 37.3 Å². The number of carbonyl (C=O) groups excluding carboxylic acids is 1. The highest BCUT2D eigenvalue weighted by molar-refractivity contribution is 5.88. The van der Waals surface area contributed by atoms with Gasteiger partial charge in [0.1, 0.15) is 18.4 Å². The Kier molecular flexibility index (Phi) is 4.43. The average Bonchev–Trinajstić information content (AvgIpc) is 3.16. The van der Waals surface area contributed by atoms with Gasteiger partial charge in [0.2, 0.25) is 5.91 Å². The van der Waals surface area contributed by atoms with Crippen LogP contribution in [0.3, 0.4) is 0 Å². The maximum absolute atomic E-state index is 13.2. The van der Waals surface area contributed by atoms with E-state index in [2.05, 4.69) is 15.2 Å². The number of likely N-dealkylation sites (tertiary alicyclic amines) is 1. The molecule has 24 heavy (non-hydrogen) atoms. The molecule has 0 bridgehead atoms. The van der Waals surface area contributed by atoms with Crippen molar-refractivity contribution in [2.75, 3.05) is 13.1 Å². The zero-order valence-electron chi connectivity index (χ0n) is 14.8. The van der Waals surface area contributed by atoms with Crippen molar-refractivity contribution in [1.82, 2.24) is 24.8 Å². The van der Waals surface area contributed by atoms with E-state index in [0.717, 1.165) is 49.5 Å². The van der Waals surface area contributed by atoms with Gasteiger partial charge in [-0.3, -0.25) is 9.48 Å². The fraction of sp³-hybridized carbons (Fsp3) is 0.647. The third-order valence-corrected chi connectivity index (χ3v) is 4.91. The fourth-order valence-corrected chi connectivity index (χ4v) is 3.87. The van der Waals surface area contributed by atoms with E-state index in [4.69, 9.17) is 4.52 Å². The summed E-state index contributed by atoms with van der Waals surface area (Å²) >= 11 is 0. The first kappa shape index (κ1) is 16.7. The van der Waals surface area contributed by atoms with Gasteiger partial charge in [-0.25, -0.2) is 4.98 Å². The lowest BCUT2D eigenvalue weighted by atomic mass is 9.81. The Bertz CT molecular complexity index is 685. The third kappa shape index (κ3) is 3.07. The second-order valence-electron chi connectivity index (χ2n) is 7.20. The van der Waals surface area contributed by atoms with Crippen LogP contribution in [0.5, 0.6) is 0 Å². The minimum atomic E-state index is -0.636. The summed E-state index contributed by atoms with van der Waals surface area (Å²) in [5, 5.41) is 8.18. The number of aryl methyl sites for hydroxylation is 2. The Hall–Kier alpha value is -2.18. The first-order valence-corrected chi connectivity index (χ1v) is 8.44. The number of piperidine rings is 1. The Balaban J connectivity index is 1.74. The van der Waals surface area contributed by atoms with E-state index in [1.54, 1.807) is 12.7 Å². The summed E-state index contributed by atoms with van der Waals surface area (Å²) < 4.78 is 7.12. The van der Waals surface area contributed by atoms with Crippen molar-refractivity contribution < 1.29 is 9.32 Å². The highest BCUT2D eigenvalue weighted by atomic mass is 16.5. The number of aromatic nitrogens is 4. The first-order chi connectivity index (χ1) is 11.4. The minimum Gasteiger partial charge on any atom is -0.361 e. The van der Waals surface area contributed by atoms with Crippen LogP contribution >= 0.6 is 0 Å². The monoisotopic (exact) mass is 331 g/mol. The van der Waals surface area contributed by atoms with Gasteiger partial charge in [-0.1, -0.05) is 5.16 Å². The highest BCUT2D eigenvalue weighted by Crippen LogP contribution is 2.32. The highest BCUT2D eigenvalue weighted by Gasteiger charge is 2.39. The number of hydrogen-bond acceptors (Lipinski definition) is 5. The number of amides is 1. The lowest BCUT2D eigenvalue weighted by molar-refractivity contribution is -0.138. The molecule has 3 heterocycles. The van der Waals surface area contributed by atoms with Crippen molar-refractivity contribution >= 4 is 5.91 Å². The molecule has 1 saturated heterocycles. The molecule has 0 N–H and O–H groups in total. The summed E-state index contributed by atoms with van der Waals surface area (Å²) in [6.45, 7) is 10.0. The van der Waals surface area contributed by atoms with Crippen molar-refractivity contribution in [3.05, 3.63) is 29.7 Å². The third-order valence-electron chi connectivity index (χ3n) is 4.91. The van der Waals surface area contributed by atoms with Crippen LogP contribution in [0.15, 0.2) is 17.2 Å². The van der Waals surface area contributed by atoms with E-state index in [-0.39, 0.29) is 5.91 Å². The molecule has 1 atom stereocenters. The minimum absolute atomic E-state index is 0.139. The standard InChI is InChI=1S/C17H25N5O2/c1-12-15(13(2)24-20-12)17(3,4)16(23)21-7-5-6-14(8-21)9-22-11-18-10-19-22/h10-11,14H,5-9H2,1-4H3/t14-/m0/s1. The smallest absolute Gasteiger partial charge is 0.232 e. The lowest BCUT2D eigenvalue weighted by Crippen LogP contribution is -2.48. The molecule has 7 nitrogen and oxygen atoms in total. The summed E-state index contributed by atoms with van der Waals surface area (Å²) in [6.07, 6.45) is 5.40. The van der Waals surface area contributed by atoms with Crippen LogP contribution in [0.4, 0.5) is 0 Å². The maximum Gasteiger partial charge on any atom is 0.232 e. The molecule has 0 saturated carbocycles. The molecule has 0 unspecified atom stereocenters. The predicted molar refractivity (Wildman–Crippen MR) is 88.3 cm³/mol. The van der Waals surface area contributed by atoms with Gasteiger partial charge in [0.05, 0.1) is 11.1 Å². The van der Waals surface area contributed by atoms with E-state index in [1.165, 1.54) is 0 Å². The Morgan fingerprint density at radius 1 is 1.42 bits per heavy atom. The molecule has 0 aliphatic carbocycles. The summed E-state index contributed by atoms with van der Waals surface area (Å²) in [6, 6.07) is 0. The van der Waals surface area contributed by atoms with E-state index in [0.29, 0.717) is 5.92 Å². The van der Waals surface area contributed by atoms with Crippen LogP contribution < -0.4 is 0 Å². The molecule has 0 radical (unpaired) electrons. The molecule has 1 fully saturated rings. The number of nitrogens with zero attached hydrogens (tertiary/aromatic N) is 5. The van der Waals surface area contributed by atoms with E-state index in [9.17, 15) is 4.79 Å². The maximum atomic E-state index is 13.2. The van der Waals surface area contributed by atoms with Gasteiger partial charge in [-0.05, 0) is 46.5 Å². The second-order valence-corrected chi connectivity index (χ2v) is 7.20. The Labute approximate surface area is 142 Å². The van der Waals surface area contributed by atoms with Gasteiger partial charge in [0.25, 0.3) is 0 Å². The molecule has 0 spiro atoms. The van der Waals surface area contributed by atoms with Gasteiger partial charge in [-0.15, -0.1) is 0 Å². The predicted octanol–water partition coefficient (Wildman–Crippen LogP) is 2.10. The van der Waals surface area contributed by atoms with E-state index < -0.39 is 5.41 Å². The Morgan fingerprint density at radius 3 is 2.83 bits per heavy atom. The largest absolute Gasteiger partial charge is 0.361 e. The topological polar surface area (TPSA) is 77.0 Å². The fourth-order valence-electron chi connectivity index (χ4n) is 3.87. The molecule has 1 aliphatic rings. The molecular weight excluding hydrogens is 306 g/mol. The summed E-state index contributed by atoms with van der Waals surface area (Å²) in [5.41, 5.74) is 1.07. The zero-order valence-corrected chi connectivity index (χ0v) is 14.8. The van der Waals surface area contributed by atoms with Gasteiger partial charge in [-0.2, -0.15) is 5.10 Å². The van der Waals surface area contributed by atoms with Gasteiger partial charge in [0, 0.05) is 25.2 Å². The molecular formula is C17H25N5O2. The normalized spacial score (nSPS) is 18.8. The van der Waals surface area contributed by atoms with Crippen molar-refractivity contribution in [2.24, 2.45) is 5.92 Å². The molecule has 130 valence electrons. The van der Waals surface area contributed by atoms with Crippen LogP contribution in [0.25, 0.3) is 0 Å². The number of carbonyl (C=O) groups is 1. The van der Waals surface area contributed by atoms with E-state index >= 15 is 0 Å². The van der Waals surface area contributed by atoms with Crippen molar-refractivity contribution in [3.63, 3.8) is 0 Å². The zero-order chi connectivity index (χ0) is 17.3. The summed E-state index contributed by atoms with van der Waals surface area (Å²) in [4.78, 5) is 19.2. The van der Waals surface area contributed by atoms with Crippen molar-refractivity contribution in [3.8, 4) is 0 Å². The molecule has 1 aliphatic heterocycles. The quantitative estimate of drug-likeness (QED) is 0.857. The molecule has 7 heteroatoms. The van der Waals surface area contributed by atoms with Gasteiger partial charge < -0.3 is 9.42 Å². The van der Waals surface area contributed by atoms with Crippen LogP contribution in [0, 0.1) is 19.8 Å². The second kappa shape index (κ2) is 6.37. The number of rotatable bonds is 4. The average molecular weight is 331 g/mol. The molecule has 2 aromatic heterocycles. The Morgan fingerprint density at radius 2 is 2.21 bits per heavy atom. The first-order valence-electron chi connectivity index (χ1n) is 8.44.